The fourth-order valence-electron chi connectivity index (χ4n) is 2.62. The molecular formula is C17H37O4P. The van der Waals surface area contributed by atoms with E-state index in [0.717, 1.165) is 12.8 Å². The summed E-state index contributed by atoms with van der Waals surface area (Å²) in [5.74, 6) is 0. The first-order valence-corrected chi connectivity index (χ1v) is 10.7. The molecule has 1 unspecified atom stereocenters. The molecule has 0 aromatic carbocycles. The fraction of sp³-hybridized carbons (Fsp3) is 1.00. The molecule has 0 aromatic heterocycles. The van der Waals surface area contributed by atoms with Crippen LogP contribution in [0.3, 0.4) is 0 Å². The molecule has 0 aliphatic carbocycles. The Labute approximate surface area is 136 Å². The van der Waals surface area contributed by atoms with E-state index in [1.54, 1.807) is 0 Å². The van der Waals surface area contributed by atoms with Crippen LogP contribution in [0.25, 0.3) is 0 Å². The summed E-state index contributed by atoms with van der Waals surface area (Å²) >= 11 is 0. The molecule has 3 N–H and O–H groups in total. The molecule has 22 heavy (non-hydrogen) atoms. The summed E-state index contributed by atoms with van der Waals surface area (Å²) in [7, 11) is -4.40. The summed E-state index contributed by atoms with van der Waals surface area (Å²) in [5, 5.41) is 7.81. The van der Waals surface area contributed by atoms with E-state index in [0.29, 0.717) is 6.42 Å². The molecule has 0 amide bonds. The van der Waals surface area contributed by atoms with Crippen LogP contribution in [0, 0.1) is 0 Å². The number of aliphatic hydroxyl groups is 1. The van der Waals surface area contributed by atoms with Crippen molar-refractivity contribution in [2.75, 3.05) is 0 Å². The van der Waals surface area contributed by atoms with Crippen LogP contribution in [0.2, 0.25) is 0 Å². The molecule has 0 saturated carbocycles. The molecule has 0 heterocycles. The monoisotopic (exact) mass is 336 g/mol. The van der Waals surface area contributed by atoms with Gasteiger partial charge >= 0.3 is 7.60 Å². The topological polar surface area (TPSA) is 77.8 Å². The lowest BCUT2D eigenvalue weighted by atomic mass is 10.0. The van der Waals surface area contributed by atoms with Crippen LogP contribution < -0.4 is 0 Å². The summed E-state index contributed by atoms with van der Waals surface area (Å²) in [4.78, 5) is 18.0. The second kappa shape index (κ2) is 12.5. The average molecular weight is 336 g/mol. The van der Waals surface area contributed by atoms with Gasteiger partial charge < -0.3 is 14.9 Å². The maximum atomic E-state index is 11.0. The Morgan fingerprint density at radius 2 is 1.05 bits per heavy atom. The Morgan fingerprint density at radius 1 is 0.727 bits per heavy atom. The van der Waals surface area contributed by atoms with Crippen LogP contribution in [-0.4, -0.2) is 20.2 Å². The summed E-state index contributed by atoms with van der Waals surface area (Å²) in [6.45, 7) is 3.47. The van der Waals surface area contributed by atoms with Gasteiger partial charge in [0.1, 0.15) is 0 Å². The Bertz CT molecular complexity index is 299. The van der Waals surface area contributed by atoms with Gasteiger partial charge in [-0.1, -0.05) is 84.0 Å². The first-order valence-electron chi connectivity index (χ1n) is 9.09. The molecule has 5 heteroatoms. The van der Waals surface area contributed by atoms with Crippen LogP contribution in [0.15, 0.2) is 0 Å². The summed E-state index contributed by atoms with van der Waals surface area (Å²) < 4.78 is 11.0. The van der Waals surface area contributed by atoms with Crippen LogP contribution in [-0.2, 0) is 4.57 Å². The predicted molar refractivity (Wildman–Crippen MR) is 93.0 cm³/mol. The maximum absolute atomic E-state index is 11.0. The van der Waals surface area contributed by atoms with Crippen molar-refractivity contribution >= 4 is 7.60 Å². The van der Waals surface area contributed by atoms with E-state index < -0.39 is 12.9 Å². The highest BCUT2D eigenvalue weighted by Crippen LogP contribution is 2.51. The molecule has 0 aromatic rings. The van der Waals surface area contributed by atoms with Gasteiger partial charge in [0, 0.05) is 0 Å². The zero-order valence-electron chi connectivity index (χ0n) is 14.6. The lowest BCUT2D eigenvalue weighted by Gasteiger charge is -2.24. The first kappa shape index (κ1) is 22.1. The van der Waals surface area contributed by atoms with Gasteiger partial charge in [0.05, 0.1) is 0 Å². The highest BCUT2D eigenvalue weighted by molar-refractivity contribution is 7.53. The van der Waals surface area contributed by atoms with Crippen molar-refractivity contribution in [1.82, 2.24) is 0 Å². The van der Waals surface area contributed by atoms with E-state index >= 15 is 0 Å². The minimum Gasteiger partial charge on any atom is -0.378 e. The SMILES string of the molecule is CCCCCCCCCCCCCCCC(C)(O)P(=O)(O)O. The Morgan fingerprint density at radius 3 is 1.36 bits per heavy atom. The number of hydrogen-bond acceptors (Lipinski definition) is 2. The number of hydrogen-bond donors (Lipinski definition) is 3. The summed E-state index contributed by atoms with van der Waals surface area (Å²) in [6, 6.07) is 0. The fourth-order valence-corrected chi connectivity index (χ4v) is 3.07. The van der Waals surface area contributed by atoms with Crippen molar-refractivity contribution in [3.8, 4) is 0 Å². The molecule has 1 atom stereocenters. The maximum Gasteiger partial charge on any atom is 0.356 e. The van der Waals surface area contributed by atoms with E-state index in [9.17, 15) is 9.67 Å². The smallest absolute Gasteiger partial charge is 0.356 e. The number of unbranched alkanes of at least 4 members (excludes halogenated alkanes) is 12. The van der Waals surface area contributed by atoms with Gasteiger partial charge in [-0.2, -0.15) is 0 Å². The molecule has 0 saturated heterocycles. The summed E-state index contributed by atoms with van der Waals surface area (Å²) in [5.41, 5.74) is 0. The summed E-state index contributed by atoms with van der Waals surface area (Å²) in [6.07, 6.45) is 16.1. The molecule has 0 radical (unpaired) electrons. The quantitative estimate of drug-likeness (QED) is 0.278. The molecule has 0 aliphatic heterocycles. The zero-order valence-corrected chi connectivity index (χ0v) is 15.5. The van der Waals surface area contributed by atoms with Crippen LogP contribution in [0.4, 0.5) is 0 Å². The molecular weight excluding hydrogens is 299 g/mol. The standard InChI is InChI=1S/C17H37O4P/c1-3-4-5-6-7-8-9-10-11-12-13-14-15-16-17(2,18)22(19,20)21/h18H,3-16H2,1-2H3,(H2,19,20,21). The minimum atomic E-state index is -4.40. The lowest BCUT2D eigenvalue weighted by molar-refractivity contribution is 0.0971. The first-order chi connectivity index (χ1) is 10.3. The molecule has 4 nitrogen and oxygen atoms in total. The van der Waals surface area contributed by atoms with Crippen molar-refractivity contribution in [1.29, 1.82) is 0 Å². The highest BCUT2D eigenvalue weighted by Gasteiger charge is 2.39. The van der Waals surface area contributed by atoms with Gasteiger partial charge in [-0.05, 0) is 19.8 Å². The van der Waals surface area contributed by atoms with Crippen LogP contribution in [0.1, 0.15) is 104 Å². The van der Waals surface area contributed by atoms with Gasteiger partial charge in [0.2, 0.25) is 0 Å². The third kappa shape index (κ3) is 11.6. The van der Waals surface area contributed by atoms with Gasteiger partial charge in [0.15, 0.2) is 5.34 Å². The Hall–Kier alpha value is 0.110. The second-order valence-electron chi connectivity index (χ2n) is 6.75. The molecule has 0 aliphatic rings. The molecule has 0 rings (SSSR count). The van der Waals surface area contributed by atoms with Crippen molar-refractivity contribution in [2.24, 2.45) is 0 Å². The van der Waals surface area contributed by atoms with Crippen molar-refractivity contribution in [3.63, 3.8) is 0 Å². The van der Waals surface area contributed by atoms with Crippen molar-refractivity contribution in [3.05, 3.63) is 0 Å². The molecule has 134 valence electrons. The van der Waals surface area contributed by atoms with Gasteiger partial charge in [0.25, 0.3) is 0 Å². The normalized spacial score (nSPS) is 15.0. The van der Waals surface area contributed by atoms with E-state index in [-0.39, 0.29) is 6.42 Å². The molecule has 0 bridgehead atoms. The molecule has 0 spiro atoms. The van der Waals surface area contributed by atoms with E-state index in [2.05, 4.69) is 6.92 Å². The van der Waals surface area contributed by atoms with Crippen molar-refractivity contribution in [2.45, 2.75) is 109 Å². The Kier molecular flexibility index (Phi) is 12.6. The zero-order chi connectivity index (χ0) is 16.9. The van der Waals surface area contributed by atoms with Crippen molar-refractivity contribution < 1.29 is 19.5 Å². The third-order valence-corrected chi connectivity index (χ3v) is 5.86. The largest absolute Gasteiger partial charge is 0.378 e. The minimum absolute atomic E-state index is 0.176. The molecule has 0 fully saturated rings. The van der Waals surface area contributed by atoms with Gasteiger partial charge in [-0.15, -0.1) is 0 Å². The highest BCUT2D eigenvalue weighted by atomic mass is 31.2. The third-order valence-electron chi connectivity index (χ3n) is 4.38. The van der Waals surface area contributed by atoms with E-state index in [1.807, 2.05) is 0 Å². The lowest BCUT2D eigenvalue weighted by Crippen LogP contribution is -2.23. The average Bonchev–Trinajstić information content (AvgIpc) is 2.42. The van der Waals surface area contributed by atoms with Crippen LogP contribution >= 0.6 is 7.60 Å². The predicted octanol–water partition coefficient (Wildman–Crippen LogP) is 5.35. The second-order valence-corrected chi connectivity index (χ2v) is 8.81. The van der Waals surface area contributed by atoms with Gasteiger partial charge in [-0.25, -0.2) is 0 Å². The van der Waals surface area contributed by atoms with E-state index in [1.165, 1.54) is 71.1 Å². The van der Waals surface area contributed by atoms with Gasteiger partial charge in [-0.3, -0.25) is 4.57 Å². The van der Waals surface area contributed by atoms with E-state index in [4.69, 9.17) is 9.79 Å². The number of rotatable bonds is 15. The van der Waals surface area contributed by atoms with Crippen LogP contribution in [0.5, 0.6) is 0 Å². The Balaban J connectivity index is 3.29.